The summed E-state index contributed by atoms with van der Waals surface area (Å²) in [5, 5.41) is 0. The minimum atomic E-state index is -4.09. The van der Waals surface area contributed by atoms with Gasteiger partial charge in [0.25, 0.3) is 0 Å². The van der Waals surface area contributed by atoms with Gasteiger partial charge in [0.1, 0.15) is 0 Å². The largest absolute Gasteiger partial charge is 0.391 e. The summed E-state index contributed by atoms with van der Waals surface area (Å²) in [6.07, 6.45) is 1.67. The van der Waals surface area contributed by atoms with Gasteiger partial charge in [0.2, 0.25) is 0 Å². The van der Waals surface area contributed by atoms with Gasteiger partial charge in [-0.15, -0.1) is 0 Å². The number of hydrogen-bond acceptors (Lipinski definition) is 2. The van der Waals surface area contributed by atoms with Crippen molar-refractivity contribution in [3.63, 3.8) is 0 Å². The van der Waals surface area contributed by atoms with E-state index < -0.39 is 12.1 Å². The molecule has 20 heavy (non-hydrogen) atoms. The average molecular weight is 351 g/mol. The van der Waals surface area contributed by atoms with Gasteiger partial charge in [-0.2, -0.15) is 13.2 Å². The van der Waals surface area contributed by atoms with E-state index in [9.17, 15) is 13.2 Å². The van der Waals surface area contributed by atoms with Crippen molar-refractivity contribution in [3.8, 4) is 0 Å². The summed E-state index contributed by atoms with van der Waals surface area (Å²) in [5.41, 5.74) is 7.08. The van der Waals surface area contributed by atoms with Crippen LogP contribution in [0, 0.1) is 11.8 Å². The van der Waals surface area contributed by atoms with Gasteiger partial charge < -0.3 is 5.73 Å². The highest BCUT2D eigenvalue weighted by molar-refractivity contribution is 9.10. The maximum Gasteiger partial charge on any atom is 0.391 e. The molecule has 0 saturated heterocycles. The highest BCUT2D eigenvalue weighted by atomic mass is 79.9. The average Bonchev–Trinajstić information content (AvgIpc) is 2.38. The van der Waals surface area contributed by atoms with Crippen molar-refractivity contribution in [2.24, 2.45) is 17.6 Å². The Balaban J connectivity index is 1.97. The lowest BCUT2D eigenvalue weighted by atomic mass is 9.76. The number of pyridine rings is 1. The summed E-state index contributed by atoms with van der Waals surface area (Å²) in [6, 6.07) is 1.67. The fourth-order valence-corrected chi connectivity index (χ4v) is 3.33. The summed E-state index contributed by atoms with van der Waals surface area (Å²) < 4.78 is 39.3. The van der Waals surface area contributed by atoms with E-state index in [4.69, 9.17) is 5.73 Å². The number of hydrogen-bond donors (Lipinski definition) is 1. The molecule has 0 aromatic carbocycles. The van der Waals surface area contributed by atoms with Crippen LogP contribution in [0.3, 0.4) is 0 Å². The third kappa shape index (κ3) is 4.19. The van der Waals surface area contributed by atoms with Crippen LogP contribution in [0.1, 0.15) is 31.2 Å². The molecule has 0 aliphatic heterocycles. The highest BCUT2D eigenvalue weighted by Gasteiger charge is 2.43. The Kier molecular flexibility index (Phi) is 5.07. The minimum absolute atomic E-state index is 0.0608. The zero-order valence-electron chi connectivity index (χ0n) is 11.0. The Labute approximate surface area is 125 Å². The normalized spacial score (nSPS) is 25.4. The lowest BCUT2D eigenvalue weighted by Crippen LogP contribution is -2.38. The molecule has 2 rings (SSSR count). The summed E-state index contributed by atoms with van der Waals surface area (Å²) >= 11 is 3.33. The molecule has 2 N–H and O–H groups in total. The maximum atomic E-state index is 12.8. The SMILES string of the molecule is NC(Cc1cncc(Br)c1)C1CCCC(C(F)(F)F)C1. The van der Waals surface area contributed by atoms with Gasteiger partial charge >= 0.3 is 6.18 Å². The second kappa shape index (κ2) is 6.43. The number of rotatable bonds is 3. The smallest absolute Gasteiger partial charge is 0.327 e. The molecule has 112 valence electrons. The van der Waals surface area contributed by atoms with E-state index in [1.165, 1.54) is 0 Å². The Morgan fingerprint density at radius 2 is 2.10 bits per heavy atom. The van der Waals surface area contributed by atoms with E-state index in [1.54, 1.807) is 12.4 Å². The van der Waals surface area contributed by atoms with Crippen LogP contribution in [0.2, 0.25) is 0 Å². The third-order valence-corrected chi connectivity index (χ3v) is 4.45. The molecule has 1 aliphatic rings. The van der Waals surface area contributed by atoms with Crippen molar-refractivity contribution in [1.29, 1.82) is 0 Å². The van der Waals surface area contributed by atoms with Crippen molar-refractivity contribution in [2.45, 2.75) is 44.3 Å². The number of alkyl halides is 3. The van der Waals surface area contributed by atoms with E-state index in [1.807, 2.05) is 6.07 Å². The molecule has 1 heterocycles. The molecule has 1 aliphatic carbocycles. The van der Waals surface area contributed by atoms with Gasteiger partial charge in [-0.05, 0) is 59.2 Å². The van der Waals surface area contributed by atoms with E-state index in [0.717, 1.165) is 16.5 Å². The van der Waals surface area contributed by atoms with Crippen LogP contribution in [0.25, 0.3) is 0 Å². The first-order valence-electron chi connectivity index (χ1n) is 6.78. The molecule has 2 nitrogen and oxygen atoms in total. The Morgan fingerprint density at radius 1 is 1.35 bits per heavy atom. The van der Waals surface area contributed by atoms with Gasteiger partial charge in [-0.25, -0.2) is 0 Å². The van der Waals surface area contributed by atoms with Crippen LogP contribution in [-0.2, 0) is 6.42 Å². The molecule has 1 aromatic rings. The molecule has 1 saturated carbocycles. The van der Waals surface area contributed by atoms with E-state index in [-0.39, 0.29) is 24.8 Å². The van der Waals surface area contributed by atoms with Gasteiger partial charge in [-0.1, -0.05) is 6.42 Å². The van der Waals surface area contributed by atoms with Crippen LogP contribution < -0.4 is 5.73 Å². The topological polar surface area (TPSA) is 38.9 Å². The van der Waals surface area contributed by atoms with Crippen molar-refractivity contribution in [1.82, 2.24) is 4.98 Å². The molecule has 0 bridgehead atoms. The maximum absolute atomic E-state index is 12.8. The molecule has 3 atom stereocenters. The number of nitrogens with zero attached hydrogens (tertiary/aromatic N) is 1. The van der Waals surface area contributed by atoms with Crippen molar-refractivity contribution >= 4 is 15.9 Å². The summed E-state index contributed by atoms with van der Waals surface area (Å²) in [4.78, 5) is 4.05. The van der Waals surface area contributed by atoms with Crippen LogP contribution >= 0.6 is 15.9 Å². The zero-order valence-corrected chi connectivity index (χ0v) is 12.6. The highest BCUT2D eigenvalue weighted by Crippen LogP contribution is 2.41. The Morgan fingerprint density at radius 3 is 2.75 bits per heavy atom. The van der Waals surface area contributed by atoms with Crippen molar-refractivity contribution in [3.05, 3.63) is 28.5 Å². The van der Waals surface area contributed by atoms with Gasteiger partial charge in [0.15, 0.2) is 0 Å². The predicted molar refractivity (Wildman–Crippen MR) is 75.1 cm³/mol. The summed E-state index contributed by atoms with van der Waals surface area (Å²) in [7, 11) is 0. The quantitative estimate of drug-likeness (QED) is 0.891. The first-order chi connectivity index (χ1) is 9.36. The number of nitrogens with two attached hydrogens (primary N) is 1. The number of halogens is 4. The van der Waals surface area contributed by atoms with E-state index >= 15 is 0 Å². The molecule has 0 spiro atoms. The predicted octanol–water partition coefficient (Wildman–Crippen LogP) is 4.08. The first-order valence-corrected chi connectivity index (χ1v) is 7.57. The van der Waals surface area contributed by atoms with Gasteiger partial charge in [0, 0.05) is 22.9 Å². The third-order valence-electron chi connectivity index (χ3n) is 4.02. The van der Waals surface area contributed by atoms with Crippen LogP contribution in [0.4, 0.5) is 13.2 Å². The monoisotopic (exact) mass is 350 g/mol. The van der Waals surface area contributed by atoms with Crippen LogP contribution in [-0.4, -0.2) is 17.2 Å². The van der Waals surface area contributed by atoms with Crippen LogP contribution in [0.15, 0.2) is 22.9 Å². The molecular weight excluding hydrogens is 333 g/mol. The standard InChI is InChI=1S/C14H18BrF3N2/c15-12-4-9(7-20-8-12)5-13(19)10-2-1-3-11(6-10)14(16,17)18/h4,7-8,10-11,13H,1-3,5-6,19H2. The zero-order chi connectivity index (χ0) is 14.8. The summed E-state index contributed by atoms with van der Waals surface area (Å²) in [5.74, 6) is -1.25. The molecule has 1 aromatic heterocycles. The Hall–Kier alpha value is -0.620. The lowest BCUT2D eigenvalue weighted by Gasteiger charge is -2.33. The number of aromatic nitrogens is 1. The minimum Gasteiger partial charge on any atom is -0.327 e. The molecule has 0 radical (unpaired) electrons. The molecular formula is C14H18BrF3N2. The Bertz CT molecular complexity index is 450. The molecule has 3 unspecified atom stereocenters. The van der Waals surface area contributed by atoms with E-state index in [0.29, 0.717) is 12.8 Å². The second-order valence-electron chi connectivity index (χ2n) is 5.54. The molecule has 0 amide bonds. The fourth-order valence-electron chi connectivity index (χ4n) is 2.92. The van der Waals surface area contributed by atoms with Crippen LogP contribution in [0.5, 0.6) is 0 Å². The van der Waals surface area contributed by atoms with Crippen molar-refractivity contribution in [2.75, 3.05) is 0 Å². The lowest BCUT2D eigenvalue weighted by molar-refractivity contribution is -0.186. The summed E-state index contributed by atoms with van der Waals surface area (Å²) in [6.45, 7) is 0. The first kappa shape index (κ1) is 15.8. The van der Waals surface area contributed by atoms with E-state index in [2.05, 4.69) is 20.9 Å². The molecule has 1 fully saturated rings. The van der Waals surface area contributed by atoms with Crippen molar-refractivity contribution < 1.29 is 13.2 Å². The second-order valence-corrected chi connectivity index (χ2v) is 6.46. The fraction of sp³-hybridized carbons (Fsp3) is 0.643. The van der Waals surface area contributed by atoms with Gasteiger partial charge in [0.05, 0.1) is 5.92 Å². The molecule has 6 heteroatoms. The van der Waals surface area contributed by atoms with Gasteiger partial charge in [-0.3, -0.25) is 4.98 Å².